The summed E-state index contributed by atoms with van der Waals surface area (Å²) in [5.74, 6) is 2.51. The van der Waals surface area contributed by atoms with Gasteiger partial charge in [0.25, 0.3) is 0 Å². The number of halogens is 4. The van der Waals surface area contributed by atoms with E-state index in [1.165, 1.54) is 0 Å². The van der Waals surface area contributed by atoms with Crippen molar-refractivity contribution in [3.63, 3.8) is 0 Å². The molecular formula is C12H30Cl4N6. The number of hydrogen-bond donors (Lipinski definition) is 4. The minimum atomic E-state index is 0. The maximum atomic E-state index is 5.68. The van der Waals surface area contributed by atoms with E-state index in [9.17, 15) is 0 Å². The fourth-order valence-electron chi connectivity index (χ4n) is 1.90. The van der Waals surface area contributed by atoms with Crippen LogP contribution in [0.25, 0.3) is 0 Å². The van der Waals surface area contributed by atoms with Gasteiger partial charge in [0.05, 0.1) is 24.8 Å². The number of rotatable bonds is 0. The molecule has 22 heavy (non-hydrogen) atoms. The van der Waals surface area contributed by atoms with Crippen LogP contribution in [0, 0.1) is 11.8 Å². The molecule has 2 aliphatic rings. The van der Waals surface area contributed by atoms with Gasteiger partial charge in [-0.2, -0.15) is 0 Å². The van der Waals surface area contributed by atoms with Gasteiger partial charge in [0, 0.05) is 24.9 Å². The molecule has 0 radical (unpaired) electrons. The Morgan fingerprint density at radius 2 is 1.00 bits per heavy atom. The molecule has 10 heteroatoms. The molecule has 2 aliphatic heterocycles. The molecule has 6 nitrogen and oxygen atoms in total. The summed E-state index contributed by atoms with van der Waals surface area (Å²) in [6.45, 7) is 5.61. The van der Waals surface area contributed by atoms with Gasteiger partial charge >= 0.3 is 0 Å². The Morgan fingerprint density at radius 1 is 0.727 bits per heavy atom. The minimum Gasteiger partial charge on any atom is -0.387 e. The molecular weight excluding hydrogens is 370 g/mol. The topological polar surface area (TPSA) is 129 Å². The molecule has 2 rings (SSSR count). The van der Waals surface area contributed by atoms with E-state index in [1.54, 1.807) is 0 Å². The van der Waals surface area contributed by atoms with E-state index in [4.69, 9.17) is 22.9 Å². The van der Waals surface area contributed by atoms with Gasteiger partial charge in [-0.1, -0.05) is 13.8 Å². The number of nitrogens with two attached hydrogens (primary N) is 4. The molecule has 0 saturated carbocycles. The Kier molecular flexibility index (Phi) is 19.9. The summed E-state index contributed by atoms with van der Waals surface area (Å²) in [5, 5.41) is 0. The lowest BCUT2D eigenvalue weighted by Gasteiger charge is -2.22. The summed E-state index contributed by atoms with van der Waals surface area (Å²) < 4.78 is 0. The van der Waals surface area contributed by atoms with Gasteiger partial charge in [-0.15, -0.1) is 49.6 Å². The molecule has 0 aliphatic carbocycles. The van der Waals surface area contributed by atoms with E-state index in [0.29, 0.717) is 24.9 Å². The molecule has 0 fully saturated rings. The quantitative estimate of drug-likeness (QED) is 0.486. The van der Waals surface area contributed by atoms with Crippen LogP contribution in [0.4, 0.5) is 0 Å². The van der Waals surface area contributed by atoms with E-state index in [0.717, 1.165) is 24.5 Å². The molecule has 0 aromatic heterocycles. The van der Waals surface area contributed by atoms with Crippen LogP contribution in [0.2, 0.25) is 0 Å². The maximum Gasteiger partial charge on any atom is 0.0941 e. The summed E-state index contributed by atoms with van der Waals surface area (Å²) in [6.07, 6.45) is 1.72. The maximum absolute atomic E-state index is 5.68. The van der Waals surface area contributed by atoms with E-state index in [1.807, 2.05) is 0 Å². The van der Waals surface area contributed by atoms with Crippen molar-refractivity contribution in [3.05, 3.63) is 0 Å². The van der Waals surface area contributed by atoms with E-state index in [2.05, 4.69) is 23.8 Å². The number of amidine groups is 2. The number of hydrogen-bond acceptors (Lipinski definition) is 6. The molecule has 0 amide bonds. The van der Waals surface area contributed by atoms with Crippen molar-refractivity contribution in [2.24, 2.45) is 44.8 Å². The minimum absolute atomic E-state index is 0. The van der Waals surface area contributed by atoms with Crippen molar-refractivity contribution in [1.29, 1.82) is 0 Å². The largest absolute Gasteiger partial charge is 0.387 e. The van der Waals surface area contributed by atoms with Crippen LogP contribution in [-0.2, 0) is 0 Å². The second-order valence-electron chi connectivity index (χ2n) is 5.35. The molecule has 0 aromatic carbocycles. The average Bonchev–Trinajstić information content (AvgIpc) is 2.30. The number of aliphatic imine (C=N–C) groups is 2. The van der Waals surface area contributed by atoms with Crippen molar-refractivity contribution in [1.82, 2.24) is 0 Å². The zero-order chi connectivity index (χ0) is 13.7. The Hall–Kier alpha value is 0.0200. The van der Waals surface area contributed by atoms with Gasteiger partial charge in [-0.25, -0.2) is 0 Å². The molecule has 4 unspecified atom stereocenters. The second-order valence-corrected chi connectivity index (χ2v) is 5.35. The van der Waals surface area contributed by atoms with Gasteiger partial charge in [0.2, 0.25) is 0 Å². The van der Waals surface area contributed by atoms with Crippen LogP contribution in [-0.4, -0.2) is 36.8 Å². The van der Waals surface area contributed by atoms with Gasteiger partial charge in [-0.05, 0) is 11.8 Å². The monoisotopic (exact) mass is 398 g/mol. The first-order chi connectivity index (χ1) is 8.40. The lowest BCUT2D eigenvalue weighted by Crippen LogP contribution is -2.38. The summed E-state index contributed by atoms with van der Waals surface area (Å²) >= 11 is 0. The fraction of sp³-hybridized carbons (Fsp3) is 0.833. The van der Waals surface area contributed by atoms with Crippen LogP contribution < -0.4 is 22.9 Å². The van der Waals surface area contributed by atoms with Crippen LogP contribution in [0.5, 0.6) is 0 Å². The molecule has 0 bridgehead atoms. The fourth-order valence-corrected chi connectivity index (χ4v) is 1.90. The van der Waals surface area contributed by atoms with Crippen molar-refractivity contribution in [2.75, 3.05) is 13.1 Å². The predicted molar refractivity (Wildman–Crippen MR) is 105 cm³/mol. The zero-order valence-corrected chi connectivity index (χ0v) is 16.2. The van der Waals surface area contributed by atoms with Crippen molar-refractivity contribution < 1.29 is 0 Å². The van der Waals surface area contributed by atoms with Gasteiger partial charge in [-0.3, -0.25) is 9.98 Å². The first kappa shape index (κ1) is 30.0. The van der Waals surface area contributed by atoms with Crippen LogP contribution in [0.15, 0.2) is 9.98 Å². The van der Waals surface area contributed by atoms with E-state index in [-0.39, 0.29) is 61.7 Å². The molecule has 0 saturated heterocycles. The molecule has 2 heterocycles. The van der Waals surface area contributed by atoms with Crippen LogP contribution in [0.3, 0.4) is 0 Å². The average molecular weight is 400 g/mol. The highest BCUT2D eigenvalue weighted by Gasteiger charge is 2.18. The standard InChI is InChI=1S/2C6H13N3.4ClH/c2*1-4-2-6(8)9-3-5(4)7;;;;/h2*4-5H,2-3,7H2,1H3,(H2,8,9);4*1H. The van der Waals surface area contributed by atoms with Gasteiger partial charge < -0.3 is 22.9 Å². The zero-order valence-electron chi connectivity index (χ0n) is 13.0. The van der Waals surface area contributed by atoms with Crippen molar-refractivity contribution in [3.8, 4) is 0 Å². The second kappa shape index (κ2) is 14.6. The normalized spacial score (nSPS) is 29.5. The number of nitrogens with zero attached hydrogens (tertiary/aromatic N) is 2. The Labute approximate surface area is 158 Å². The lowest BCUT2D eigenvalue weighted by atomic mass is 9.96. The highest BCUT2D eigenvalue weighted by molar-refractivity contribution is 5.86. The van der Waals surface area contributed by atoms with E-state index < -0.39 is 0 Å². The predicted octanol–water partition coefficient (Wildman–Crippen LogP) is 1.11. The third-order valence-corrected chi connectivity index (χ3v) is 3.53. The Balaban J connectivity index is -0.000000125. The van der Waals surface area contributed by atoms with Crippen LogP contribution in [0.1, 0.15) is 26.7 Å². The molecule has 0 aromatic rings. The summed E-state index contributed by atoms with van der Waals surface area (Å²) in [6, 6.07) is 0.439. The first-order valence-corrected chi connectivity index (χ1v) is 6.49. The Morgan fingerprint density at radius 3 is 1.18 bits per heavy atom. The van der Waals surface area contributed by atoms with E-state index >= 15 is 0 Å². The first-order valence-electron chi connectivity index (χ1n) is 6.49. The highest BCUT2D eigenvalue weighted by Crippen LogP contribution is 2.11. The molecule has 136 valence electrons. The lowest BCUT2D eigenvalue weighted by molar-refractivity contribution is 0.457. The van der Waals surface area contributed by atoms with Gasteiger partial charge in [0.1, 0.15) is 0 Å². The smallest absolute Gasteiger partial charge is 0.0941 e. The third kappa shape index (κ3) is 10.7. The Bertz CT molecular complexity index is 308. The summed E-state index contributed by atoms with van der Waals surface area (Å²) in [5.41, 5.74) is 22.3. The van der Waals surface area contributed by atoms with Crippen molar-refractivity contribution in [2.45, 2.75) is 38.8 Å². The highest BCUT2D eigenvalue weighted by atomic mass is 35.5. The molecule has 8 N–H and O–H groups in total. The van der Waals surface area contributed by atoms with Crippen LogP contribution >= 0.6 is 49.6 Å². The summed E-state index contributed by atoms with van der Waals surface area (Å²) in [4.78, 5) is 8.06. The summed E-state index contributed by atoms with van der Waals surface area (Å²) in [7, 11) is 0. The molecule has 4 atom stereocenters. The van der Waals surface area contributed by atoms with Gasteiger partial charge in [0.15, 0.2) is 0 Å². The SMILES string of the molecule is CC1CC(N)=NCC1N.CC1CC(N)=NCC1N.Cl.Cl.Cl.Cl. The molecule has 0 spiro atoms. The van der Waals surface area contributed by atoms with Crippen molar-refractivity contribution >= 4 is 61.3 Å². The third-order valence-electron chi connectivity index (χ3n) is 3.53.